The number of nitrogens with two attached hydrogens (primary N) is 1. The first-order chi connectivity index (χ1) is 8.43. The molecular weight excluding hydrogens is 273 g/mol. The number of benzene rings is 1. The number of aliphatic imine (C=N–C) groups is 1. The highest BCUT2D eigenvalue weighted by molar-refractivity contribution is 6.34. The van der Waals surface area contributed by atoms with Crippen LogP contribution in [0.25, 0.3) is 0 Å². The number of nitrogens with one attached hydrogen (secondary N) is 1. The molecule has 0 aliphatic rings. The Morgan fingerprint density at radius 3 is 2.67 bits per heavy atom. The van der Waals surface area contributed by atoms with Gasteiger partial charge in [0, 0.05) is 5.92 Å². The molecular formula is C12H15Cl2N3O. The van der Waals surface area contributed by atoms with Gasteiger partial charge in [-0.25, -0.2) is 4.99 Å². The van der Waals surface area contributed by atoms with Crippen LogP contribution >= 0.6 is 23.2 Å². The predicted octanol–water partition coefficient (Wildman–Crippen LogP) is 3.16. The summed E-state index contributed by atoms with van der Waals surface area (Å²) < 4.78 is 0. The average Bonchev–Trinajstić information content (AvgIpc) is 2.32. The maximum atomic E-state index is 11.5. The van der Waals surface area contributed by atoms with Crippen LogP contribution in [0.15, 0.2) is 23.2 Å². The van der Waals surface area contributed by atoms with Crippen molar-refractivity contribution in [2.45, 2.75) is 13.8 Å². The van der Waals surface area contributed by atoms with E-state index in [-0.39, 0.29) is 17.7 Å². The maximum absolute atomic E-state index is 11.5. The lowest BCUT2D eigenvalue weighted by molar-refractivity contribution is -0.118. The molecule has 1 aromatic carbocycles. The number of halogens is 2. The number of carbonyl (C=O) groups is 1. The average molecular weight is 288 g/mol. The van der Waals surface area contributed by atoms with Gasteiger partial charge in [0.25, 0.3) is 0 Å². The molecule has 0 aliphatic heterocycles. The maximum Gasteiger partial charge on any atom is 0.226 e. The third-order valence-electron chi connectivity index (χ3n) is 2.14. The topological polar surface area (TPSA) is 67.5 Å². The zero-order valence-corrected chi connectivity index (χ0v) is 11.7. The lowest BCUT2D eigenvalue weighted by Gasteiger charge is -2.09. The Balaban J connectivity index is 2.90. The van der Waals surface area contributed by atoms with E-state index in [0.717, 1.165) is 0 Å². The first kappa shape index (κ1) is 14.8. The highest BCUT2D eigenvalue weighted by Crippen LogP contribution is 2.27. The minimum absolute atomic E-state index is 0.0894. The van der Waals surface area contributed by atoms with Crippen molar-refractivity contribution in [3.8, 4) is 0 Å². The molecule has 0 bridgehead atoms. The van der Waals surface area contributed by atoms with Gasteiger partial charge in [0.2, 0.25) is 5.91 Å². The molecule has 0 aromatic heterocycles. The van der Waals surface area contributed by atoms with Crippen LogP contribution in [-0.4, -0.2) is 17.6 Å². The number of anilines is 1. The summed E-state index contributed by atoms with van der Waals surface area (Å²) in [6.07, 6.45) is 0. The normalized spacial score (nSPS) is 11.7. The minimum atomic E-state index is -0.106. The zero-order chi connectivity index (χ0) is 13.7. The molecule has 0 saturated carbocycles. The van der Waals surface area contributed by atoms with Crippen LogP contribution in [0.3, 0.4) is 0 Å². The lowest BCUT2D eigenvalue weighted by Crippen LogP contribution is -2.17. The summed E-state index contributed by atoms with van der Waals surface area (Å²) in [5.41, 5.74) is 6.67. The second-order valence-electron chi connectivity index (χ2n) is 4.04. The molecule has 98 valence electrons. The molecule has 0 fully saturated rings. The Morgan fingerprint density at radius 2 is 2.17 bits per heavy atom. The van der Waals surface area contributed by atoms with Crippen LogP contribution in [0.4, 0.5) is 11.4 Å². The SMILES string of the molecule is CC(C)C(=O)Nc1ccc(N=C(N)CCl)cc1Cl. The number of alkyl halides is 1. The van der Waals surface area contributed by atoms with Gasteiger partial charge in [-0.05, 0) is 18.2 Å². The van der Waals surface area contributed by atoms with Gasteiger partial charge in [-0.3, -0.25) is 4.79 Å². The van der Waals surface area contributed by atoms with Crippen LogP contribution in [0, 0.1) is 5.92 Å². The second kappa shape index (κ2) is 6.61. The number of amides is 1. The van der Waals surface area contributed by atoms with E-state index in [2.05, 4.69) is 10.3 Å². The van der Waals surface area contributed by atoms with Crippen LogP contribution in [0.1, 0.15) is 13.8 Å². The minimum Gasteiger partial charge on any atom is -0.386 e. The largest absolute Gasteiger partial charge is 0.386 e. The summed E-state index contributed by atoms with van der Waals surface area (Å²) in [6, 6.07) is 5.01. The van der Waals surface area contributed by atoms with Crippen molar-refractivity contribution < 1.29 is 4.79 Å². The van der Waals surface area contributed by atoms with Crippen molar-refractivity contribution >= 4 is 46.3 Å². The molecule has 0 saturated heterocycles. The fraction of sp³-hybridized carbons (Fsp3) is 0.333. The van der Waals surface area contributed by atoms with Gasteiger partial charge in [0.1, 0.15) is 5.84 Å². The molecule has 3 N–H and O–H groups in total. The summed E-state index contributed by atoms with van der Waals surface area (Å²) in [6.45, 7) is 3.62. The fourth-order valence-electron chi connectivity index (χ4n) is 1.15. The molecule has 0 aliphatic carbocycles. The molecule has 0 atom stereocenters. The number of carbonyl (C=O) groups excluding carboxylic acids is 1. The van der Waals surface area contributed by atoms with E-state index < -0.39 is 0 Å². The first-order valence-electron chi connectivity index (χ1n) is 5.43. The molecule has 6 heteroatoms. The van der Waals surface area contributed by atoms with Crippen molar-refractivity contribution in [1.29, 1.82) is 0 Å². The summed E-state index contributed by atoms with van der Waals surface area (Å²) in [5.74, 6) is 0.273. The lowest BCUT2D eigenvalue weighted by atomic mass is 10.2. The van der Waals surface area contributed by atoms with Gasteiger partial charge >= 0.3 is 0 Å². The van der Waals surface area contributed by atoms with E-state index in [9.17, 15) is 4.79 Å². The molecule has 18 heavy (non-hydrogen) atoms. The molecule has 1 rings (SSSR count). The van der Waals surface area contributed by atoms with Crippen molar-refractivity contribution in [1.82, 2.24) is 0 Å². The fourth-order valence-corrected chi connectivity index (χ4v) is 1.43. The molecule has 1 aromatic rings. The molecule has 0 heterocycles. The molecule has 0 spiro atoms. The molecule has 0 unspecified atom stereocenters. The van der Waals surface area contributed by atoms with Gasteiger partial charge in [-0.2, -0.15) is 0 Å². The standard InChI is InChI=1S/C12H15Cl2N3O/c1-7(2)12(18)17-10-4-3-8(5-9(10)14)16-11(15)6-13/h3-5,7H,6H2,1-2H3,(H2,15,16)(H,17,18). The van der Waals surface area contributed by atoms with E-state index in [4.69, 9.17) is 28.9 Å². The monoisotopic (exact) mass is 287 g/mol. The van der Waals surface area contributed by atoms with Gasteiger partial charge < -0.3 is 11.1 Å². The smallest absolute Gasteiger partial charge is 0.226 e. The summed E-state index contributed by atoms with van der Waals surface area (Å²) in [5, 5.41) is 3.14. The second-order valence-corrected chi connectivity index (χ2v) is 4.72. The highest BCUT2D eigenvalue weighted by atomic mass is 35.5. The first-order valence-corrected chi connectivity index (χ1v) is 6.34. The van der Waals surface area contributed by atoms with E-state index in [1.54, 1.807) is 18.2 Å². The third kappa shape index (κ3) is 4.20. The third-order valence-corrected chi connectivity index (χ3v) is 2.73. The number of nitrogens with zero attached hydrogens (tertiary/aromatic N) is 1. The highest BCUT2D eigenvalue weighted by Gasteiger charge is 2.09. The van der Waals surface area contributed by atoms with Gasteiger partial charge in [-0.1, -0.05) is 25.4 Å². The van der Waals surface area contributed by atoms with Crippen molar-refractivity contribution in [3.05, 3.63) is 23.2 Å². The Morgan fingerprint density at radius 1 is 1.50 bits per heavy atom. The molecule has 1 amide bonds. The van der Waals surface area contributed by atoms with Gasteiger partial charge in [-0.15, -0.1) is 11.6 Å². The van der Waals surface area contributed by atoms with Gasteiger partial charge in [0.15, 0.2) is 0 Å². The number of hydrogen-bond acceptors (Lipinski definition) is 2. The van der Waals surface area contributed by atoms with Crippen molar-refractivity contribution in [3.63, 3.8) is 0 Å². The predicted molar refractivity (Wildman–Crippen MR) is 76.9 cm³/mol. The van der Waals surface area contributed by atoms with Crippen LogP contribution in [0.2, 0.25) is 5.02 Å². The Bertz CT molecular complexity index is 472. The van der Waals surface area contributed by atoms with E-state index in [1.165, 1.54) is 0 Å². The van der Waals surface area contributed by atoms with E-state index in [1.807, 2.05) is 13.8 Å². The Hall–Kier alpha value is -1.26. The van der Waals surface area contributed by atoms with E-state index >= 15 is 0 Å². The van der Waals surface area contributed by atoms with Crippen LogP contribution in [-0.2, 0) is 4.79 Å². The van der Waals surface area contributed by atoms with Crippen LogP contribution in [0.5, 0.6) is 0 Å². The quantitative estimate of drug-likeness (QED) is 0.507. The van der Waals surface area contributed by atoms with Crippen molar-refractivity contribution in [2.75, 3.05) is 11.2 Å². The van der Waals surface area contributed by atoms with Crippen molar-refractivity contribution in [2.24, 2.45) is 16.6 Å². The zero-order valence-electron chi connectivity index (χ0n) is 10.2. The summed E-state index contributed by atoms with van der Waals surface area (Å²) >= 11 is 11.6. The molecule has 0 radical (unpaired) electrons. The Labute approximate surface area is 116 Å². The summed E-state index contributed by atoms with van der Waals surface area (Å²) in [7, 11) is 0. The van der Waals surface area contributed by atoms with E-state index in [0.29, 0.717) is 22.2 Å². The number of hydrogen-bond donors (Lipinski definition) is 2. The van der Waals surface area contributed by atoms with Crippen LogP contribution < -0.4 is 11.1 Å². The molecule has 4 nitrogen and oxygen atoms in total. The number of amidine groups is 1. The Kier molecular flexibility index (Phi) is 5.44. The van der Waals surface area contributed by atoms with Gasteiger partial charge in [0.05, 0.1) is 22.3 Å². The summed E-state index contributed by atoms with van der Waals surface area (Å²) in [4.78, 5) is 15.6. The number of rotatable bonds is 4.